The monoisotopic (exact) mass is 547 g/mol. The van der Waals surface area contributed by atoms with Crippen molar-refractivity contribution < 1.29 is 24.4 Å². The lowest BCUT2D eigenvalue weighted by molar-refractivity contribution is -0.140. The smallest absolute Gasteiger partial charge is 0.455 e. The molecule has 2 aromatic rings. The summed E-state index contributed by atoms with van der Waals surface area (Å²) in [5.74, 6) is -0.724. The van der Waals surface area contributed by atoms with E-state index in [9.17, 15) is 19.7 Å². The summed E-state index contributed by atoms with van der Waals surface area (Å²) in [4.78, 5) is 29.7. The average molecular weight is 548 g/mol. The number of likely N-dealkylation sites (tertiary alicyclic amines) is 1. The molecule has 0 saturated carbocycles. The first-order valence-electron chi connectivity index (χ1n) is 14.2. The van der Waals surface area contributed by atoms with Gasteiger partial charge in [-0.25, -0.2) is 0 Å². The molecule has 8 heteroatoms. The highest BCUT2D eigenvalue weighted by Gasteiger charge is 2.57. The van der Waals surface area contributed by atoms with Gasteiger partial charge in [-0.3, -0.25) is 14.5 Å². The van der Waals surface area contributed by atoms with E-state index in [1.165, 1.54) is 16.0 Å². The Morgan fingerprint density at radius 2 is 1.95 bits per heavy atom. The fraction of sp³-hybridized carbons (Fsp3) is 0.484. The number of hydrogen-bond acceptors (Lipinski definition) is 6. The number of phenols is 1. The number of hydrogen-bond donors (Lipinski definition) is 2. The summed E-state index contributed by atoms with van der Waals surface area (Å²) >= 11 is 1.55. The van der Waals surface area contributed by atoms with Crippen molar-refractivity contribution >= 4 is 36.3 Å². The first kappa shape index (κ1) is 27.9. The molecule has 4 atom stereocenters. The van der Waals surface area contributed by atoms with Gasteiger partial charge in [0.25, 0.3) is 0 Å². The molecule has 1 aromatic carbocycles. The minimum atomic E-state index is -0.970. The summed E-state index contributed by atoms with van der Waals surface area (Å²) in [6, 6.07) is 11.2. The Bertz CT molecular complexity index is 1270. The second kappa shape index (κ2) is 11.8. The van der Waals surface area contributed by atoms with Gasteiger partial charge in [-0.2, -0.15) is 0 Å². The highest BCUT2D eigenvalue weighted by molar-refractivity contribution is 7.09. The number of aromatic hydroxyl groups is 1. The van der Waals surface area contributed by atoms with Crippen LogP contribution in [0.2, 0.25) is 6.32 Å². The van der Waals surface area contributed by atoms with Gasteiger partial charge in [0, 0.05) is 10.4 Å². The van der Waals surface area contributed by atoms with Crippen molar-refractivity contribution in [3.8, 4) is 5.75 Å². The summed E-state index contributed by atoms with van der Waals surface area (Å²) in [5.41, 5.74) is 4.36. The number of carbonyl (C=O) groups is 2. The molecule has 0 bridgehead atoms. The number of nitrogens with zero attached hydrogens (tertiary/aromatic N) is 1. The highest BCUT2D eigenvalue weighted by Crippen LogP contribution is 2.52. The Labute approximate surface area is 235 Å². The lowest BCUT2D eigenvalue weighted by atomic mass is 9.57. The first-order chi connectivity index (χ1) is 18.8. The highest BCUT2D eigenvalue weighted by atomic mass is 32.1. The lowest BCUT2D eigenvalue weighted by Crippen LogP contribution is -2.46. The third kappa shape index (κ3) is 5.65. The Balaban J connectivity index is 1.43. The molecular formula is C31H38BNO5S. The molecule has 2 aliphatic heterocycles. The zero-order valence-electron chi connectivity index (χ0n) is 23.0. The van der Waals surface area contributed by atoms with Crippen LogP contribution in [0.1, 0.15) is 63.3 Å². The van der Waals surface area contributed by atoms with E-state index in [2.05, 4.69) is 26.8 Å². The molecule has 2 N–H and O–H groups in total. The second-order valence-electron chi connectivity index (χ2n) is 11.4. The SMILES string of the molecule is CCC/C(=C\c1ccccc1O)CC[C@H]1OB(O)C[C@H]2C1=C(C(C)C)C[C@H]1C(=O)N(Cc3cccs3)C(=O)[C@H]12. The molecule has 1 aliphatic carbocycles. The summed E-state index contributed by atoms with van der Waals surface area (Å²) in [5, 5.41) is 23.1. The lowest BCUT2D eigenvalue weighted by Gasteiger charge is -2.44. The standard InChI is InChI=1S/C31H38BNO5S/c1-4-8-20(15-21-9-5-6-11-26(21)34)12-13-27-28-23(19(2)3)16-24-29(25(28)17-32(37)38-27)31(36)33(30(24)35)18-22-10-7-14-39-22/h5-7,9-11,14-15,19,24-25,27,29,34,37H,4,8,12-13,16-18H2,1-3H3/b20-15+/t24-,25+,27-,29-/m1/s1. The van der Waals surface area contributed by atoms with Gasteiger partial charge in [0.05, 0.1) is 24.5 Å². The maximum absolute atomic E-state index is 13.7. The zero-order valence-corrected chi connectivity index (χ0v) is 23.8. The molecule has 2 saturated heterocycles. The predicted molar refractivity (Wildman–Crippen MR) is 155 cm³/mol. The van der Waals surface area contributed by atoms with Crippen molar-refractivity contribution in [2.45, 2.75) is 71.8 Å². The maximum atomic E-state index is 13.7. The average Bonchev–Trinajstić information content (AvgIpc) is 3.50. The van der Waals surface area contributed by atoms with Crippen LogP contribution in [-0.2, 0) is 20.8 Å². The molecule has 0 radical (unpaired) electrons. The molecule has 3 aliphatic rings. The third-order valence-corrected chi connectivity index (χ3v) is 9.38. The number of fused-ring (bicyclic) bond motifs is 3. The summed E-state index contributed by atoms with van der Waals surface area (Å²) < 4.78 is 6.17. The van der Waals surface area contributed by atoms with E-state index >= 15 is 0 Å². The molecule has 206 valence electrons. The van der Waals surface area contributed by atoms with E-state index in [1.807, 2.05) is 35.7 Å². The third-order valence-electron chi connectivity index (χ3n) is 8.52. The van der Waals surface area contributed by atoms with Crippen LogP contribution in [0.3, 0.4) is 0 Å². The summed E-state index contributed by atoms with van der Waals surface area (Å²) in [6.07, 6.45) is 5.98. The molecule has 39 heavy (non-hydrogen) atoms. The van der Waals surface area contributed by atoms with E-state index in [1.54, 1.807) is 17.4 Å². The van der Waals surface area contributed by atoms with Crippen LogP contribution in [0.15, 0.2) is 58.5 Å². The Kier molecular flexibility index (Phi) is 8.45. The molecule has 0 spiro atoms. The van der Waals surface area contributed by atoms with Crippen LogP contribution in [0.4, 0.5) is 0 Å². The fourth-order valence-corrected chi connectivity index (χ4v) is 7.46. The van der Waals surface area contributed by atoms with Crippen LogP contribution in [0.5, 0.6) is 5.75 Å². The van der Waals surface area contributed by atoms with Crippen LogP contribution < -0.4 is 0 Å². The van der Waals surface area contributed by atoms with Gasteiger partial charge < -0.3 is 14.8 Å². The van der Waals surface area contributed by atoms with Gasteiger partial charge in [0.2, 0.25) is 11.8 Å². The number of amides is 2. The quantitative estimate of drug-likeness (QED) is 0.226. The molecule has 6 nitrogen and oxygen atoms in total. The number of phenolic OH excluding ortho intramolecular Hbond substituents is 1. The molecule has 0 unspecified atom stereocenters. The van der Waals surface area contributed by atoms with Crippen LogP contribution in [0.25, 0.3) is 6.08 Å². The van der Waals surface area contributed by atoms with Gasteiger partial charge >= 0.3 is 7.12 Å². The van der Waals surface area contributed by atoms with E-state index in [0.717, 1.165) is 35.3 Å². The summed E-state index contributed by atoms with van der Waals surface area (Å²) in [6.45, 7) is 6.75. The second-order valence-corrected chi connectivity index (χ2v) is 12.4. The predicted octanol–water partition coefficient (Wildman–Crippen LogP) is 6.07. The van der Waals surface area contributed by atoms with Crippen molar-refractivity contribution in [3.05, 3.63) is 68.9 Å². The molecule has 1 aromatic heterocycles. The van der Waals surface area contributed by atoms with Crippen LogP contribution >= 0.6 is 11.3 Å². The van der Waals surface area contributed by atoms with Crippen LogP contribution in [-0.4, -0.2) is 40.1 Å². The molecule has 3 heterocycles. The number of para-hydroxylation sites is 1. The van der Waals surface area contributed by atoms with E-state index < -0.39 is 13.0 Å². The van der Waals surface area contributed by atoms with E-state index in [4.69, 9.17) is 4.65 Å². The zero-order chi connectivity index (χ0) is 27.7. The minimum Gasteiger partial charge on any atom is -0.507 e. The van der Waals surface area contributed by atoms with Crippen molar-refractivity contribution in [1.82, 2.24) is 4.90 Å². The summed E-state index contributed by atoms with van der Waals surface area (Å²) in [7, 11) is -0.970. The van der Waals surface area contributed by atoms with Crippen molar-refractivity contribution in [3.63, 3.8) is 0 Å². The van der Waals surface area contributed by atoms with Crippen molar-refractivity contribution in [2.75, 3.05) is 0 Å². The van der Waals surface area contributed by atoms with E-state index in [-0.39, 0.29) is 41.4 Å². The van der Waals surface area contributed by atoms with Gasteiger partial charge in [-0.05, 0) is 66.9 Å². The van der Waals surface area contributed by atoms with E-state index in [0.29, 0.717) is 25.7 Å². The van der Waals surface area contributed by atoms with Crippen LogP contribution in [0, 0.1) is 23.7 Å². The Hall–Kier alpha value is -2.68. The number of allylic oxidation sites excluding steroid dienone is 2. The topological polar surface area (TPSA) is 87.1 Å². The number of benzene rings is 1. The van der Waals surface area contributed by atoms with Gasteiger partial charge in [0.15, 0.2) is 0 Å². The molecule has 2 amide bonds. The maximum Gasteiger partial charge on any atom is 0.455 e. The minimum absolute atomic E-state index is 0.0797. The first-order valence-corrected chi connectivity index (χ1v) is 15.1. The molecule has 5 rings (SSSR count). The Morgan fingerprint density at radius 3 is 2.64 bits per heavy atom. The number of rotatable bonds is 9. The van der Waals surface area contributed by atoms with Crippen molar-refractivity contribution in [2.24, 2.45) is 23.7 Å². The number of imide groups is 1. The van der Waals surface area contributed by atoms with Gasteiger partial charge in [-0.15, -0.1) is 11.3 Å². The molecular weight excluding hydrogens is 509 g/mol. The van der Waals surface area contributed by atoms with Crippen molar-refractivity contribution in [1.29, 1.82) is 0 Å². The van der Waals surface area contributed by atoms with Gasteiger partial charge in [0.1, 0.15) is 5.75 Å². The Morgan fingerprint density at radius 1 is 1.15 bits per heavy atom. The normalized spacial score (nSPS) is 25.5. The van der Waals surface area contributed by atoms with Gasteiger partial charge in [-0.1, -0.05) is 68.7 Å². The number of thiophene rings is 1. The fourth-order valence-electron chi connectivity index (χ4n) is 6.77. The molecule has 2 fully saturated rings. The largest absolute Gasteiger partial charge is 0.507 e. The number of carbonyl (C=O) groups excluding carboxylic acids is 2.